The van der Waals surface area contributed by atoms with Gasteiger partial charge >= 0.3 is 0 Å². The van der Waals surface area contributed by atoms with Gasteiger partial charge in [-0.3, -0.25) is 4.99 Å². The van der Waals surface area contributed by atoms with Gasteiger partial charge in [-0.1, -0.05) is 29.8 Å². The molecule has 0 aliphatic carbocycles. The molecule has 0 saturated carbocycles. The molecule has 1 saturated heterocycles. The van der Waals surface area contributed by atoms with Gasteiger partial charge in [-0.05, 0) is 37.1 Å². The van der Waals surface area contributed by atoms with Gasteiger partial charge < -0.3 is 24.8 Å². The topological polar surface area (TPSA) is 64.1 Å². The SMILES string of the molecule is CN=C(NCc1ccccc1OC)NCC1(c2cc(Cl)ccc2OC)CCOCC1. The summed E-state index contributed by atoms with van der Waals surface area (Å²) in [5, 5.41) is 7.58. The Morgan fingerprint density at radius 3 is 2.50 bits per heavy atom. The molecule has 6 nitrogen and oxygen atoms in total. The highest BCUT2D eigenvalue weighted by molar-refractivity contribution is 6.30. The minimum absolute atomic E-state index is 0.156. The number of rotatable bonds is 7. The lowest BCUT2D eigenvalue weighted by atomic mass is 9.73. The fourth-order valence-electron chi connectivity index (χ4n) is 3.90. The van der Waals surface area contributed by atoms with Crippen LogP contribution < -0.4 is 20.1 Å². The Morgan fingerprint density at radius 1 is 1.07 bits per heavy atom. The first-order valence-electron chi connectivity index (χ1n) is 10.1. The molecule has 7 heteroatoms. The average Bonchev–Trinajstić information content (AvgIpc) is 2.80. The lowest BCUT2D eigenvalue weighted by Gasteiger charge is -2.39. The van der Waals surface area contributed by atoms with Crippen LogP contribution in [0.5, 0.6) is 11.5 Å². The minimum atomic E-state index is -0.156. The van der Waals surface area contributed by atoms with Crippen molar-refractivity contribution >= 4 is 17.6 Å². The third kappa shape index (κ3) is 5.18. The number of halogens is 1. The van der Waals surface area contributed by atoms with E-state index in [-0.39, 0.29) is 5.41 Å². The van der Waals surface area contributed by atoms with E-state index >= 15 is 0 Å². The van der Waals surface area contributed by atoms with Crippen molar-refractivity contribution in [3.05, 3.63) is 58.6 Å². The number of hydrogen-bond donors (Lipinski definition) is 2. The van der Waals surface area contributed by atoms with Gasteiger partial charge in [0.05, 0.1) is 14.2 Å². The van der Waals surface area contributed by atoms with E-state index in [0.29, 0.717) is 31.3 Å². The van der Waals surface area contributed by atoms with Gasteiger partial charge in [0.2, 0.25) is 0 Å². The lowest BCUT2D eigenvalue weighted by molar-refractivity contribution is 0.0505. The van der Waals surface area contributed by atoms with Crippen molar-refractivity contribution in [2.45, 2.75) is 24.8 Å². The Morgan fingerprint density at radius 2 is 1.80 bits per heavy atom. The number of nitrogens with zero attached hydrogens (tertiary/aromatic N) is 1. The van der Waals surface area contributed by atoms with Crippen LogP contribution in [-0.4, -0.2) is 47.0 Å². The van der Waals surface area contributed by atoms with Gasteiger partial charge in [0.25, 0.3) is 0 Å². The van der Waals surface area contributed by atoms with Crippen LogP contribution in [0.1, 0.15) is 24.0 Å². The normalized spacial score (nSPS) is 16.1. The predicted octanol–water partition coefficient (Wildman–Crippen LogP) is 3.77. The van der Waals surface area contributed by atoms with Crippen LogP contribution in [0.25, 0.3) is 0 Å². The van der Waals surface area contributed by atoms with E-state index in [1.807, 2.05) is 42.5 Å². The molecule has 0 radical (unpaired) electrons. The first-order chi connectivity index (χ1) is 14.6. The van der Waals surface area contributed by atoms with Gasteiger partial charge in [-0.15, -0.1) is 0 Å². The molecular weight excluding hydrogens is 402 g/mol. The van der Waals surface area contributed by atoms with E-state index in [0.717, 1.165) is 41.4 Å². The molecule has 0 amide bonds. The number of guanidine groups is 1. The molecule has 0 spiro atoms. The molecule has 2 aromatic carbocycles. The van der Waals surface area contributed by atoms with Crippen molar-refractivity contribution < 1.29 is 14.2 Å². The zero-order valence-corrected chi connectivity index (χ0v) is 18.6. The zero-order valence-electron chi connectivity index (χ0n) is 17.8. The highest BCUT2D eigenvalue weighted by atomic mass is 35.5. The molecule has 162 valence electrons. The Labute approximate surface area is 183 Å². The summed E-state index contributed by atoms with van der Waals surface area (Å²) in [5.41, 5.74) is 2.02. The van der Waals surface area contributed by atoms with E-state index in [1.165, 1.54) is 0 Å². The van der Waals surface area contributed by atoms with Crippen molar-refractivity contribution in [1.29, 1.82) is 0 Å². The Balaban J connectivity index is 1.75. The maximum atomic E-state index is 6.34. The molecule has 30 heavy (non-hydrogen) atoms. The Hall–Kier alpha value is -2.44. The fourth-order valence-corrected chi connectivity index (χ4v) is 4.07. The fraction of sp³-hybridized carbons (Fsp3) is 0.435. The maximum absolute atomic E-state index is 6.34. The van der Waals surface area contributed by atoms with Crippen LogP contribution in [0, 0.1) is 0 Å². The minimum Gasteiger partial charge on any atom is -0.496 e. The second-order valence-electron chi connectivity index (χ2n) is 7.33. The largest absolute Gasteiger partial charge is 0.496 e. The monoisotopic (exact) mass is 431 g/mol. The van der Waals surface area contributed by atoms with Crippen LogP contribution in [-0.2, 0) is 16.7 Å². The summed E-state index contributed by atoms with van der Waals surface area (Å²) >= 11 is 6.34. The molecule has 0 unspecified atom stereocenters. The third-order valence-electron chi connectivity index (χ3n) is 5.64. The highest BCUT2D eigenvalue weighted by Gasteiger charge is 2.37. The molecule has 1 fully saturated rings. The number of methoxy groups -OCH3 is 2. The lowest BCUT2D eigenvalue weighted by Crippen LogP contribution is -2.48. The number of nitrogens with one attached hydrogen (secondary N) is 2. The molecule has 1 heterocycles. The first-order valence-corrected chi connectivity index (χ1v) is 10.5. The molecule has 0 aromatic heterocycles. The highest BCUT2D eigenvalue weighted by Crippen LogP contribution is 2.40. The molecule has 2 N–H and O–H groups in total. The summed E-state index contributed by atoms with van der Waals surface area (Å²) in [6.45, 7) is 2.70. The smallest absolute Gasteiger partial charge is 0.191 e. The van der Waals surface area contributed by atoms with Crippen molar-refractivity contribution in [3.63, 3.8) is 0 Å². The van der Waals surface area contributed by atoms with Crippen LogP contribution in [0.15, 0.2) is 47.5 Å². The van der Waals surface area contributed by atoms with Crippen LogP contribution in [0.2, 0.25) is 5.02 Å². The second kappa shape index (κ2) is 10.5. The molecule has 2 aromatic rings. The van der Waals surface area contributed by atoms with Gasteiger partial charge in [-0.2, -0.15) is 0 Å². The van der Waals surface area contributed by atoms with Crippen molar-refractivity contribution in [3.8, 4) is 11.5 Å². The summed E-state index contributed by atoms with van der Waals surface area (Å²) in [6.07, 6.45) is 1.75. The standard InChI is InChI=1S/C23H30ClN3O3/c1-25-22(26-15-17-6-4-5-7-20(17)28-2)27-16-23(10-12-30-13-11-23)19-14-18(24)8-9-21(19)29-3/h4-9,14H,10-13,15-16H2,1-3H3,(H2,25,26,27). The number of hydrogen-bond acceptors (Lipinski definition) is 4. The number of para-hydroxylation sites is 1. The molecule has 0 bridgehead atoms. The Kier molecular flexibility index (Phi) is 7.82. The summed E-state index contributed by atoms with van der Waals surface area (Å²) in [7, 11) is 5.15. The first kappa shape index (κ1) is 22.2. The zero-order chi connectivity index (χ0) is 21.4. The van der Waals surface area contributed by atoms with Crippen LogP contribution >= 0.6 is 11.6 Å². The van der Waals surface area contributed by atoms with Gasteiger partial charge in [0, 0.05) is 54.9 Å². The molecule has 1 aliphatic heterocycles. The van der Waals surface area contributed by atoms with E-state index in [9.17, 15) is 0 Å². The third-order valence-corrected chi connectivity index (χ3v) is 5.87. The summed E-state index contributed by atoms with van der Waals surface area (Å²) in [6, 6.07) is 13.8. The van der Waals surface area contributed by atoms with Crippen LogP contribution in [0.4, 0.5) is 0 Å². The van der Waals surface area contributed by atoms with Crippen molar-refractivity contribution in [2.75, 3.05) is 41.0 Å². The number of benzene rings is 2. The summed E-state index contributed by atoms with van der Waals surface area (Å²) in [5.74, 6) is 2.43. The average molecular weight is 432 g/mol. The molecule has 3 rings (SSSR count). The maximum Gasteiger partial charge on any atom is 0.191 e. The Bertz CT molecular complexity index is 867. The predicted molar refractivity (Wildman–Crippen MR) is 121 cm³/mol. The van der Waals surface area contributed by atoms with Crippen LogP contribution in [0.3, 0.4) is 0 Å². The summed E-state index contributed by atoms with van der Waals surface area (Å²) in [4.78, 5) is 4.39. The van der Waals surface area contributed by atoms with Crippen molar-refractivity contribution in [2.24, 2.45) is 4.99 Å². The second-order valence-corrected chi connectivity index (χ2v) is 7.76. The van der Waals surface area contributed by atoms with E-state index in [1.54, 1.807) is 21.3 Å². The van der Waals surface area contributed by atoms with Gasteiger partial charge in [-0.25, -0.2) is 0 Å². The van der Waals surface area contributed by atoms with E-state index in [4.69, 9.17) is 25.8 Å². The van der Waals surface area contributed by atoms with Gasteiger partial charge in [0.1, 0.15) is 11.5 Å². The molecular formula is C23H30ClN3O3. The number of ether oxygens (including phenoxy) is 3. The quantitative estimate of drug-likeness (QED) is 0.516. The van der Waals surface area contributed by atoms with E-state index in [2.05, 4.69) is 15.6 Å². The number of aliphatic imine (C=N–C) groups is 1. The van der Waals surface area contributed by atoms with Gasteiger partial charge in [0.15, 0.2) is 5.96 Å². The molecule has 0 atom stereocenters. The summed E-state index contributed by atoms with van der Waals surface area (Å²) < 4.78 is 16.7. The van der Waals surface area contributed by atoms with Crippen molar-refractivity contribution in [1.82, 2.24) is 10.6 Å². The molecule has 1 aliphatic rings. The van der Waals surface area contributed by atoms with E-state index < -0.39 is 0 Å².